The summed E-state index contributed by atoms with van der Waals surface area (Å²) in [6.45, 7) is 0.791. The van der Waals surface area contributed by atoms with Gasteiger partial charge >= 0.3 is 6.03 Å². The number of nitrogens with zero attached hydrogens (tertiary/aromatic N) is 3. The van der Waals surface area contributed by atoms with Gasteiger partial charge in [-0.2, -0.15) is 4.57 Å². The smallest absolute Gasteiger partial charge is 0.420 e. The molecule has 114 valence electrons. The van der Waals surface area contributed by atoms with E-state index in [0.717, 1.165) is 0 Å². The van der Waals surface area contributed by atoms with Gasteiger partial charge in [-0.15, -0.1) is 0 Å². The van der Waals surface area contributed by atoms with Crippen LogP contribution >= 0.6 is 0 Å². The molecule has 2 rings (SSSR count). The Morgan fingerprint density at radius 2 is 2.05 bits per heavy atom. The minimum absolute atomic E-state index is 0. The fourth-order valence-corrected chi connectivity index (χ4v) is 1.84. The molecule has 0 fully saturated rings. The van der Waals surface area contributed by atoms with Crippen LogP contribution in [0.2, 0.25) is 0 Å². The zero-order valence-electron chi connectivity index (χ0n) is 11.9. The van der Waals surface area contributed by atoms with Gasteiger partial charge in [-0.25, -0.2) is 13.8 Å². The third kappa shape index (κ3) is 4.50. The third-order valence-electron chi connectivity index (χ3n) is 2.88. The quantitative estimate of drug-likeness (QED) is 0.463. The van der Waals surface area contributed by atoms with Gasteiger partial charge in [-0.05, 0) is 24.3 Å². The number of aryl methyl sites for hydroxylation is 1. The van der Waals surface area contributed by atoms with Crippen molar-refractivity contribution < 1.29 is 42.5 Å². The maximum Gasteiger partial charge on any atom is 0.420 e. The molecule has 7 heteroatoms. The van der Waals surface area contributed by atoms with E-state index in [0.29, 0.717) is 18.8 Å². The summed E-state index contributed by atoms with van der Waals surface area (Å²) in [4.78, 5) is 14.0. The van der Waals surface area contributed by atoms with Crippen molar-refractivity contribution in [3.63, 3.8) is 0 Å². The molecule has 0 saturated carbocycles. The zero-order valence-corrected chi connectivity index (χ0v) is 14.0. The first kappa shape index (κ1) is 17.6. The molecule has 1 aromatic carbocycles. The largest absolute Gasteiger partial charge is 1.00 e. The highest BCUT2D eigenvalue weighted by Crippen LogP contribution is 2.16. The highest BCUT2D eigenvalue weighted by atomic mass is 127. The van der Waals surface area contributed by atoms with Gasteiger partial charge in [-0.1, -0.05) is 0 Å². The lowest BCUT2D eigenvalue weighted by Gasteiger charge is -2.19. The van der Waals surface area contributed by atoms with Crippen LogP contribution in [0.3, 0.4) is 0 Å². The van der Waals surface area contributed by atoms with E-state index in [2.05, 4.69) is 0 Å². The first-order chi connectivity index (χ1) is 9.61. The minimum atomic E-state index is -0.333. The van der Waals surface area contributed by atoms with E-state index in [9.17, 15) is 9.18 Å². The monoisotopic (exact) mass is 405 g/mol. The summed E-state index contributed by atoms with van der Waals surface area (Å²) in [5, 5.41) is 0. The molecule has 0 bridgehead atoms. The van der Waals surface area contributed by atoms with Crippen molar-refractivity contribution >= 4 is 11.7 Å². The second-order valence-electron chi connectivity index (χ2n) is 4.39. The molecule has 0 atom stereocenters. The van der Waals surface area contributed by atoms with Crippen LogP contribution in [0.25, 0.3) is 0 Å². The Labute approximate surface area is 140 Å². The van der Waals surface area contributed by atoms with Gasteiger partial charge in [0.2, 0.25) is 0 Å². The second kappa shape index (κ2) is 8.08. The summed E-state index contributed by atoms with van der Waals surface area (Å²) in [5.74, 6) is -0.333. The molecule has 0 spiro atoms. The normalized spacial score (nSPS) is 10.0. The standard InChI is InChI=1S/C14H17FN3O2.HI/c1-16-7-8-17(11-16)14(19)18(9-10-20-2)13-5-3-12(15)4-6-13;/h3-8,11H,9-10H2,1-2H3;1H/q+1;/p-1. The lowest BCUT2D eigenvalue weighted by molar-refractivity contribution is -0.670. The number of imidazole rings is 1. The van der Waals surface area contributed by atoms with E-state index >= 15 is 0 Å². The number of amides is 1. The van der Waals surface area contributed by atoms with Crippen LogP contribution in [-0.4, -0.2) is 30.9 Å². The fraction of sp³-hybridized carbons (Fsp3) is 0.286. The Morgan fingerprint density at radius 1 is 1.38 bits per heavy atom. The Hall–Kier alpha value is -1.48. The summed E-state index contributed by atoms with van der Waals surface area (Å²) in [6, 6.07) is 5.60. The highest BCUT2D eigenvalue weighted by Gasteiger charge is 2.22. The zero-order chi connectivity index (χ0) is 14.5. The molecule has 5 nitrogen and oxygen atoms in total. The van der Waals surface area contributed by atoms with E-state index in [4.69, 9.17) is 4.74 Å². The molecule has 1 heterocycles. The molecular formula is C14H17FIN3O2. The molecule has 0 N–H and O–H groups in total. The van der Waals surface area contributed by atoms with Crippen LogP contribution < -0.4 is 33.4 Å². The van der Waals surface area contributed by atoms with E-state index < -0.39 is 0 Å². The summed E-state index contributed by atoms with van der Waals surface area (Å²) in [6.07, 6.45) is 5.12. The first-order valence-corrected chi connectivity index (χ1v) is 6.21. The van der Waals surface area contributed by atoms with Gasteiger partial charge in [0.05, 0.1) is 20.2 Å². The van der Waals surface area contributed by atoms with Crippen LogP contribution in [0.4, 0.5) is 14.9 Å². The Morgan fingerprint density at radius 3 is 2.57 bits per heavy atom. The van der Waals surface area contributed by atoms with Gasteiger partial charge in [-0.3, -0.25) is 4.90 Å². The molecule has 1 amide bonds. The van der Waals surface area contributed by atoms with Crippen molar-refractivity contribution in [2.45, 2.75) is 0 Å². The number of hydrogen-bond donors (Lipinski definition) is 0. The average Bonchev–Trinajstić information content (AvgIpc) is 2.87. The van der Waals surface area contributed by atoms with Crippen molar-refractivity contribution in [3.05, 3.63) is 48.8 Å². The molecule has 21 heavy (non-hydrogen) atoms. The first-order valence-electron chi connectivity index (χ1n) is 6.21. The average molecular weight is 405 g/mol. The summed E-state index contributed by atoms with van der Waals surface area (Å²) in [7, 11) is 3.41. The number of methoxy groups -OCH3 is 1. The Balaban J connectivity index is 0.00000220. The lowest BCUT2D eigenvalue weighted by atomic mass is 10.3. The number of carbonyl (C=O) groups excluding carboxylic acids is 1. The molecule has 0 aliphatic rings. The van der Waals surface area contributed by atoms with Gasteiger partial charge in [0.15, 0.2) is 0 Å². The van der Waals surface area contributed by atoms with Gasteiger partial charge in [0.1, 0.15) is 18.2 Å². The molecule has 1 aromatic heterocycles. The van der Waals surface area contributed by atoms with E-state index in [1.165, 1.54) is 16.7 Å². The molecule has 0 aliphatic carbocycles. The maximum absolute atomic E-state index is 13.0. The topological polar surface area (TPSA) is 38.4 Å². The molecule has 0 aliphatic heterocycles. The number of benzene rings is 1. The van der Waals surface area contributed by atoms with Gasteiger partial charge in [0.25, 0.3) is 6.33 Å². The van der Waals surface area contributed by atoms with E-state index in [1.807, 2.05) is 7.05 Å². The maximum atomic E-state index is 13.0. The van der Waals surface area contributed by atoms with E-state index in [1.54, 1.807) is 47.4 Å². The van der Waals surface area contributed by atoms with Gasteiger partial charge < -0.3 is 28.7 Å². The van der Waals surface area contributed by atoms with Crippen LogP contribution in [0.15, 0.2) is 43.0 Å². The minimum Gasteiger partial charge on any atom is -1.00 e. The van der Waals surface area contributed by atoms with Crippen LogP contribution in [0.5, 0.6) is 0 Å². The number of aromatic nitrogens is 2. The van der Waals surface area contributed by atoms with Crippen LogP contribution in [-0.2, 0) is 11.8 Å². The van der Waals surface area contributed by atoms with Crippen molar-refractivity contribution in [2.24, 2.45) is 7.05 Å². The number of carbonyl (C=O) groups is 1. The Bertz CT molecular complexity index is 586. The molecule has 0 unspecified atom stereocenters. The molecule has 0 radical (unpaired) electrons. The summed E-state index contributed by atoms with van der Waals surface area (Å²) in [5.41, 5.74) is 0.629. The number of hydrogen-bond acceptors (Lipinski definition) is 2. The molecular weight excluding hydrogens is 388 g/mol. The van der Waals surface area contributed by atoms with E-state index in [-0.39, 0.29) is 35.8 Å². The van der Waals surface area contributed by atoms with Crippen molar-refractivity contribution in [1.29, 1.82) is 0 Å². The molecule has 0 saturated heterocycles. The predicted molar refractivity (Wildman–Crippen MR) is 72.0 cm³/mol. The summed E-state index contributed by atoms with van der Waals surface area (Å²) < 4.78 is 21.3. The lowest BCUT2D eigenvalue weighted by Crippen LogP contribution is -3.00. The third-order valence-corrected chi connectivity index (χ3v) is 2.88. The predicted octanol–water partition coefficient (Wildman–Crippen LogP) is -1.42. The Kier molecular flexibility index (Phi) is 6.76. The number of ether oxygens (including phenoxy) is 1. The fourth-order valence-electron chi connectivity index (χ4n) is 1.84. The SMILES string of the molecule is COCCN(C(=O)n1cc[n+](C)c1)c1ccc(F)cc1.[I-]. The van der Waals surface area contributed by atoms with Crippen LogP contribution in [0, 0.1) is 5.82 Å². The molecule has 2 aromatic rings. The van der Waals surface area contributed by atoms with Crippen molar-refractivity contribution in [3.8, 4) is 0 Å². The van der Waals surface area contributed by atoms with Crippen molar-refractivity contribution in [2.75, 3.05) is 25.2 Å². The van der Waals surface area contributed by atoms with Crippen molar-refractivity contribution in [1.82, 2.24) is 4.57 Å². The number of anilines is 1. The number of rotatable bonds is 4. The van der Waals surface area contributed by atoms with Gasteiger partial charge in [0, 0.05) is 12.8 Å². The highest BCUT2D eigenvalue weighted by molar-refractivity contribution is 5.93. The summed E-state index contributed by atoms with van der Waals surface area (Å²) >= 11 is 0. The second-order valence-corrected chi connectivity index (χ2v) is 4.39. The van der Waals surface area contributed by atoms with Crippen LogP contribution in [0.1, 0.15) is 0 Å². The number of halogens is 2.